The van der Waals surface area contributed by atoms with Gasteiger partial charge in [0.05, 0.1) is 17.4 Å². The Morgan fingerprint density at radius 3 is 2.79 bits per heavy atom. The molecule has 1 aliphatic heterocycles. The number of fused-ring (bicyclic) bond motifs is 1. The van der Waals surface area contributed by atoms with Crippen molar-refractivity contribution < 1.29 is 4.79 Å². The van der Waals surface area contributed by atoms with Crippen molar-refractivity contribution in [1.82, 2.24) is 29.3 Å². The number of rotatable bonds is 4. The normalized spacial score (nSPS) is 15.6. The van der Waals surface area contributed by atoms with Crippen LogP contribution in [-0.4, -0.2) is 67.9 Å². The number of benzene rings is 1. The summed E-state index contributed by atoms with van der Waals surface area (Å²) in [5.41, 5.74) is 2.23. The molecule has 0 bridgehead atoms. The van der Waals surface area contributed by atoms with Gasteiger partial charge in [-0.3, -0.25) is 19.1 Å². The fraction of sp³-hybridized carbons (Fsp3) is 0.400. The Morgan fingerprint density at radius 1 is 1.10 bits per heavy atom. The number of carbonyl (C=O) groups is 1. The van der Waals surface area contributed by atoms with Crippen LogP contribution in [0.5, 0.6) is 0 Å². The second kappa shape index (κ2) is 8.04. The van der Waals surface area contributed by atoms with E-state index in [2.05, 4.69) is 19.9 Å². The summed E-state index contributed by atoms with van der Waals surface area (Å²) in [6, 6.07) is 6.93. The summed E-state index contributed by atoms with van der Waals surface area (Å²) in [5.74, 6) is 0.00884. The number of nitrogens with one attached hydrogen (secondary N) is 2. The van der Waals surface area contributed by atoms with Gasteiger partial charge in [-0.15, -0.1) is 0 Å². The van der Waals surface area contributed by atoms with E-state index in [-0.39, 0.29) is 17.2 Å². The molecule has 3 aromatic rings. The Morgan fingerprint density at radius 2 is 1.97 bits per heavy atom. The van der Waals surface area contributed by atoms with Crippen LogP contribution >= 0.6 is 0 Å². The Kier molecular flexibility index (Phi) is 5.30. The monoisotopic (exact) mass is 396 g/mol. The quantitative estimate of drug-likeness (QED) is 0.671. The fourth-order valence-electron chi connectivity index (χ4n) is 3.74. The Bertz CT molecular complexity index is 1110. The van der Waals surface area contributed by atoms with Gasteiger partial charge in [0.15, 0.2) is 0 Å². The van der Waals surface area contributed by atoms with Crippen LogP contribution in [0.15, 0.2) is 40.2 Å². The van der Waals surface area contributed by atoms with Crippen molar-refractivity contribution in [3.05, 3.63) is 62.7 Å². The van der Waals surface area contributed by atoms with E-state index < -0.39 is 0 Å². The second-order valence-electron chi connectivity index (χ2n) is 7.37. The van der Waals surface area contributed by atoms with Gasteiger partial charge in [-0.05, 0) is 38.1 Å². The maximum absolute atomic E-state index is 12.9. The summed E-state index contributed by atoms with van der Waals surface area (Å²) in [6.45, 7) is 5.43. The van der Waals surface area contributed by atoms with E-state index in [1.807, 2.05) is 23.1 Å². The zero-order valence-corrected chi connectivity index (χ0v) is 16.4. The molecule has 0 spiro atoms. The van der Waals surface area contributed by atoms with E-state index in [9.17, 15) is 14.4 Å². The molecule has 9 heteroatoms. The highest BCUT2D eigenvalue weighted by molar-refractivity contribution is 5.97. The van der Waals surface area contributed by atoms with Crippen molar-refractivity contribution in [1.29, 1.82) is 0 Å². The van der Waals surface area contributed by atoms with Gasteiger partial charge in [0.1, 0.15) is 0 Å². The fourth-order valence-corrected chi connectivity index (χ4v) is 3.74. The highest BCUT2D eigenvalue weighted by Crippen LogP contribution is 2.15. The molecule has 4 rings (SSSR count). The van der Waals surface area contributed by atoms with Gasteiger partial charge >= 0.3 is 5.69 Å². The maximum atomic E-state index is 12.9. The van der Waals surface area contributed by atoms with Crippen molar-refractivity contribution in [3.8, 4) is 0 Å². The Hall–Kier alpha value is -3.20. The first-order valence-corrected chi connectivity index (χ1v) is 9.77. The molecule has 152 valence electrons. The van der Waals surface area contributed by atoms with E-state index in [0.717, 1.165) is 24.0 Å². The molecular formula is C20H24N6O3. The zero-order chi connectivity index (χ0) is 20.4. The smallest absolute Gasteiger partial charge is 0.328 e. The first kappa shape index (κ1) is 19.1. The summed E-state index contributed by atoms with van der Waals surface area (Å²) in [7, 11) is 0. The zero-order valence-electron chi connectivity index (χ0n) is 16.4. The first-order chi connectivity index (χ1) is 14.0. The number of hydrogen-bond acceptors (Lipinski definition) is 5. The molecule has 0 aliphatic carbocycles. The third-order valence-corrected chi connectivity index (χ3v) is 5.34. The van der Waals surface area contributed by atoms with Gasteiger partial charge < -0.3 is 14.9 Å². The average Bonchev–Trinajstić information content (AvgIpc) is 3.03. The minimum absolute atomic E-state index is 0.00884. The van der Waals surface area contributed by atoms with Crippen molar-refractivity contribution >= 4 is 16.9 Å². The number of aryl methyl sites for hydroxylation is 1. The van der Waals surface area contributed by atoms with E-state index in [0.29, 0.717) is 44.0 Å². The molecular weight excluding hydrogens is 372 g/mol. The van der Waals surface area contributed by atoms with E-state index in [1.54, 1.807) is 13.3 Å². The van der Waals surface area contributed by atoms with Crippen molar-refractivity contribution in [2.75, 3.05) is 32.7 Å². The van der Waals surface area contributed by atoms with Crippen LogP contribution < -0.4 is 11.2 Å². The van der Waals surface area contributed by atoms with Crippen LogP contribution in [0.1, 0.15) is 22.5 Å². The molecule has 29 heavy (non-hydrogen) atoms. The highest BCUT2D eigenvalue weighted by atomic mass is 16.2. The summed E-state index contributed by atoms with van der Waals surface area (Å²) in [4.78, 5) is 50.9. The van der Waals surface area contributed by atoms with Gasteiger partial charge in [0.25, 0.3) is 11.5 Å². The Balaban J connectivity index is 1.38. The van der Waals surface area contributed by atoms with Gasteiger partial charge in [-0.25, -0.2) is 9.78 Å². The molecule has 0 radical (unpaired) electrons. The lowest BCUT2D eigenvalue weighted by Gasteiger charge is -2.22. The predicted molar refractivity (Wildman–Crippen MR) is 109 cm³/mol. The molecule has 2 N–H and O–H groups in total. The lowest BCUT2D eigenvalue weighted by molar-refractivity contribution is 0.0761. The molecule has 3 heterocycles. The number of aromatic amines is 2. The number of H-pyrrole nitrogens is 2. The minimum atomic E-state index is -0.379. The number of nitrogens with zero attached hydrogens (tertiary/aromatic N) is 4. The number of carbonyl (C=O) groups excluding carboxylic acids is 1. The summed E-state index contributed by atoms with van der Waals surface area (Å²) in [5, 5.41) is 0. The van der Waals surface area contributed by atoms with E-state index in [1.165, 1.54) is 10.6 Å². The number of hydrogen-bond donors (Lipinski definition) is 2. The number of amides is 1. The van der Waals surface area contributed by atoms with Crippen LogP contribution in [-0.2, 0) is 6.54 Å². The minimum Gasteiger partial charge on any atom is -0.345 e. The van der Waals surface area contributed by atoms with Crippen LogP contribution in [0.2, 0.25) is 0 Å². The van der Waals surface area contributed by atoms with Crippen LogP contribution in [0, 0.1) is 6.92 Å². The van der Waals surface area contributed by atoms with Crippen LogP contribution in [0.3, 0.4) is 0 Å². The highest BCUT2D eigenvalue weighted by Gasteiger charge is 2.21. The Labute approximate surface area is 167 Å². The van der Waals surface area contributed by atoms with Crippen molar-refractivity contribution in [2.45, 2.75) is 19.9 Å². The molecule has 1 amide bonds. The topological polar surface area (TPSA) is 107 Å². The molecule has 1 aliphatic rings. The lowest BCUT2D eigenvalue weighted by atomic mass is 10.1. The largest absolute Gasteiger partial charge is 0.345 e. The predicted octanol–water partition coefficient (Wildman–Crippen LogP) is 0.569. The third-order valence-electron chi connectivity index (χ3n) is 5.34. The van der Waals surface area contributed by atoms with Crippen LogP contribution in [0.25, 0.3) is 11.0 Å². The maximum Gasteiger partial charge on any atom is 0.328 e. The van der Waals surface area contributed by atoms with Crippen molar-refractivity contribution in [2.24, 2.45) is 0 Å². The first-order valence-electron chi connectivity index (χ1n) is 9.77. The third kappa shape index (κ3) is 4.14. The SMILES string of the molecule is Cc1cc(=O)n(CCN2CCCN(C(=O)c3ccc4nc[nH]c4c3)CC2)c(=O)[nH]1. The number of imidazole rings is 1. The van der Waals surface area contributed by atoms with Gasteiger partial charge in [-0.2, -0.15) is 0 Å². The van der Waals surface area contributed by atoms with Gasteiger partial charge in [0.2, 0.25) is 0 Å². The molecule has 0 unspecified atom stereocenters. The summed E-state index contributed by atoms with van der Waals surface area (Å²) < 4.78 is 1.22. The molecule has 0 atom stereocenters. The van der Waals surface area contributed by atoms with E-state index >= 15 is 0 Å². The standard InChI is InChI=1S/C20H24N6O3/c1-14-11-18(27)26(20(29)23-14)10-8-24-5-2-6-25(9-7-24)19(28)15-3-4-16-17(12-15)22-13-21-16/h3-4,11-13H,2,5-10H2,1H3,(H,21,22)(H,23,29). The van der Waals surface area contributed by atoms with E-state index in [4.69, 9.17) is 0 Å². The van der Waals surface area contributed by atoms with Crippen LogP contribution in [0.4, 0.5) is 0 Å². The molecule has 2 aromatic heterocycles. The molecule has 0 saturated carbocycles. The number of aromatic nitrogens is 4. The van der Waals surface area contributed by atoms with Gasteiger partial charge in [-0.1, -0.05) is 0 Å². The molecule has 1 saturated heterocycles. The van der Waals surface area contributed by atoms with Gasteiger partial charge in [0, 0.05) is 50.0 Å². The summed E-state index contributed by atoms with van der Waals surface area (Å²) >= 11 is 0. The molecule has 9 nitrogen and oxygen atoms in total. The summed E-state index contributed by atoms with van der Waals surface area (Å²) in [6.07, 6.45) is 2.46. The van der Waals surface area contributed by atoms with Crippen molar-refractivity contribution in [3.63, 3.8) is 0 Å². The average molecular weight is 396 g/mol. The molecule has 1 fully saturated rings. The molecule has 1 aromatic carbocycles. The lowest BCUT2D eigenvalue weighted by Crippen LogP contribution is -2.40. The second-order valence-corrected chi connectivity index (χ2v) is 7.37.